The number of halogens is 4. The summed E-state index contributed by atoms with van der Waals surface area (Å²) in [7, 11) is -1.70. The molecule has 0 saturated carbocycles. The second kappa shape index (κ2) is 5.89. The van der Waals surface area contributed by atoms with E-state index in [1.165, 1.54) is 6.92 Å². The van der Waals surface area contributed by atoms with E-state index in [1.807, 2.05) is 0 Å². The van der Waals surface area contributed by atoms with Gasteiger partial charge in [-0.15, -0.1) is 13.2 Å². The minimum Gasteiger partial charge on any atom is -0.286 e. The van der Waals surface area contributed by atoms with Crippen molar-refractivity contribution < 1.29 is 47.0 Å². The van der Waals surface area contributed by atoms with Crippen molar-refractivity contribution in [3.8, 4) is 0 Å². The Morgan fingerprint density at radius 1 is 1.05 bits per heavy atom. The van der Waals surface area contributed by atoms with Crippen molar-refractivity contribution in [3.05, 3.63) is 35.2 Å². The molecule has 1 aromatic heterocycles. The van der Waals surface area contributed by atoms with Crippen LogP contribution in [0.5, 0.6) is 0 Å². The van der Waals surface area contributed by atoms with Crippen LogP contribution in [0.15, 0.2) is 30.3 Å². The molecule has 2 aromatic rings. The number of hydrogen-bond acceptors (Lipinski definition) is 4. The van der Waals surface area contributed by atoms with Crippen molar-refractivity contribution in [3.63, 3.8) is 0 Å². The molecule has 2 rings (SSSR count). The van der Waals surface area contributed by atoms with Gasteiger partial charge in [-0.05, 0) is 12.1 Å². The quantitative estimate of drug-likeness (QED) is 0.336. The third-order valence-electron chi connectivity index (χ3n) is 2.05. The molecule has 106 valence electrons. The third-order valence-corrected chi connectivity index (χ3v) is 4.09. The Balaban J connectivity index is 0.000000312. The second-order valence-corrected chi connectivity index (χ2v) is 7.74. The SMILES string of the molecule is Cc1cc2ccccc2[s+]1C(F)(F)F.[O-][I+3]([O-])([O-])[O-]. The van der Waals surface area contributed by atoms with Crippen LogP contribution in [0.4, 0.5) is 13.2 Å². The van der Waals surface area contributed by atoms with Gasteiger partial charge >= 0.3 is 5.51 Å². The van der Waals surface area contributed by atoms with E-state index >= 15 is 0 Å². The van der Waals surface area contributed by atoms with Crippen LogP contribution < -0.4 is 33.8 Å². The molecule has 9 heteroatoms. The maximum Gasteiger partial charge on any atom is 0.600 e. The Hall–Kier alpha value is -0.460. The molecule has 1 heterocycles. The first-order chi connectivity index (χ1) is 8.50. The minimum atomic E-state index is -5.94. The molecule has 19 heavy (non-hydrogen) atoms. The van der Waals surface area contributed by atoms with Gasteiger partial charge in [0.15, 0.2) is 9.58 Å². The summed E-state index contributed by atoms with van der Waals surface area (Å²) in [6, 6.07) is 8.30. The zero-order chi connectivity index (χ0) is 14.8. The van der Waals surface area contributed by atoms with Crippen LogP contribution in [0.3, 0.4) is 0 Å². The first kappa shape index (κ1) is 16.6. The van der Waals surface area contributed by atoms with Gasteiger partial charge in [-0.2, -0.15) is 0 Å². The van der Waals surface area contributed by atoms with Crippen LogP contribution in [0.1, 0.15) is 4.88 Å². The predicted octanol–water partition coefficient (Wildman–Crippen LogP) is -3.38. The van der Waals surface area contributed by atoms with E-state index < -0.39 is 36.1 Å². The Bertz CT molecular complexity index is 556. The van der Waals surface area contributed by atoms with Crippen LogP contribution in [-0.4, -0.2) is 0 Å². The molecule has 1 unspecified atom stereocenters. The number of fused-ring (bicyclic) bond motifs is 1. The summed E-state index contributed by atoms with van der Waals surface area (Å²) >= 11 is -5.94. The molecule has 0 aliphatic heterocycles. The topological polar surface area (TPSA) is 92.2 Å². The van der Waals surface area contributed by atoms with E-state index in [0.29, 0.717) is 15.0 Å². The third kappa shape index (κ3) is 5.20. The van der Waals surface area contributed by atoms with E-state index in [2.05, 4.69) is 0 Å². The van der Waals surface area contributed by atoms with Gasteiger partial charge in [0.25, 0.3) is 0 Å². The summed E-state index contributed by atoms with van der Waals surface area (Å²) in [6.07, 6.45) is 0. The standard InChI is InChI=1S/C10H8F3S.IO4/c1-7-6-8-4-2-3-5-9(8)14(7)10(11,12)13;2-1(3,4)5/h2-6H,1H3;/q+1;-1. The first-order valence-corrected chi connectivity index (χ1v) is 9.45. The van der Waals surface area contributed by atoms with Crippen molar-refractivity contribution in [2.45, 2.75) is 12.4 Å². The molecule has 0 saturated heterocycles. The molecule has 0 amide bonds. The number of hydrogen-bond donors (Lipinski definition) is 0. The Labute approximate surface area is 115 Å². The Morgan fingerprint density at radius 3 is 2.00 bits per heavy atom. The normalized spacial score (nSPS) is 13.2. The fourth-order valence-electron chi connectivity index (χ4n) is 1.54. The number of thiophene rings is 1. The predicted molar refractivity (Wildman–Crippen MR) is 52.5 cm³/mol. The Kier molecular flexibility index (Phi) is 5.15. The molecule has 1 aromatic carbocycles. The smallest absolute Gasteiger partial charge is 0.286 e. The van der Waals surface area contributed by atoms with Gasteiger partial charge in [0.1, 0.15) is 20.1 Å². The summed E-state index contributed by atoms with van der Waals surface area (Å²) in [5, 5.41) is 0.700. The second-order valence-electron chi connectivity index (χ2n) is 3.42. The highest BCUT2D eigenvalue weighted by Gasteiger charge is 2.46. The molecule has 1 atom stereocenters. The van der Waals surface area contributed by atoms with Gasteiger partial charge in [-0.1, -0.05) is 12.1 Å². The van der Waals surface area contributed by atoms with E-state index in [1.54, 1.807) is 30.3 Å². The van der Waals surface area contributed by atoms with Gasteiger partial charge in [0, 0.05) is 18.4 Å². The number of alkyl halides is 3. The van der Waals surface area contributed by atoms with Crippen LogP contribution in [0.2, 0.25) is 0 Å². The van der Waals surface area contributed by atoms with E-state index in [0.717, 1.165) is 0 Å². The van der Waals surface area contributed by atoms with Crippen molar-refractivity contribution >= 4 is 20.6 Å². The average Bonchev–Trinajstić information content (AvgIpc) is 2.49. The van der Waals surface area contributed by atoms with Gasteiger partial charge in [0.05, 0.1) is 10.5 Å². The van der Waals surface area contributed by atoms with E-state index in [4.69, 9.17) is 13.7 Å². The van der Waals surface area contributed by atoms with Crippen molar-refractivity contribution in [2.75, 3.05) is 0 Å². The lowest BCUT2D eigenvalue weighted by Crippen LogP contribution is -4.29. The van der Waals surface area contributed by atoms with E-state index in [-0.39, 0.29) is 0 Å². The minimum absolute atomic E-state index is 0.400. The van der Waals surface area contributed by atoms with E-state index in [9.17, 15) is 13.2 Å². The largest absolute Gasteiger partial charge is 0.600 e. The lowest BCUT2D eigenvalue weighted by molar-refractivity contribution is -2.00. The number of rotatable bonds is 0. The maximum atomic E-state index is 12.7. The zero-order valence-corrected chi connectivity index (χ0v) is 12.4. The first-order valence-electron chi connectivity index (χ1n) is 4.70. The molecule has 0 aliphatic carbocycles. The molecule has 0 N–H and O–H groups in total. The molecule has 0 spiro atoms. The van der Waals surface area contributed by atoms with Crippen LogP contribution in [0.25, 0.3) is 10.1 Å². The zero-order valence-electron chi connectivity index (χ0n) is 9.44. The maximum absolute atomic E-state index is 12.7. The fraction of sp³-hybridized carbons (Fsp3) is 0.200. The van der Waals surface area contributed by atoms with Crippen LogP contribution in [0, 0.1) is 6.92 Å². The van der Waals surface area contributed by atoms with Crippen molar-refractivity contribution in [2.24, 2.45) is 0 Å². The van der Waals surface area contributed by atoms with Gasteiger partial charge < -0.3 is 0 Å². The molecule has 0 bridgehead atoms. The summed E-state index contributed by atoms with van der Waals surface area (Å²) in [5.41, 5.74) is -4.15. The number of aryl methyl sites for hydroxylation is 1. The summed E-state index contributed by atoms with van der Waals surface area (Å²) in [6.45, 7) is 1.54. The molecular weight excluding hydrogens is 400 g/mol. The Morgan fingerprint density at radius 2 is 1.53 bits per heavy atom. The highest BCUT2D eigenvalue weighted by atomic mass is 127. The molecule has 0 radical (unpaired) electrons. The molecule has 0 fully saturated rings. The van der Waals surface area contributed by atoms with Crippen molar-refractivity contribution in [1.82, 2.24) is 0 Å². The molecular formula is C10H8F3IO4S. The molecule has 0 aliphatic rings. The monoisotopic (exact) mass is 408 g/mol. The van der Waals surface area contributed by atoms with Crippen molar-refractivity contribution in [1.29, 1.82) is 0 Å². The highest BCUT2D eigenvalue weighted by molar-refractivity contribution is 7.38. The summed E-state index contributed by atoms with van der Waals surface area (Å²) in [4.78, 5) is 0.402. The van der Waals surface area contributed by atoms with Gasteiger partial charge in [-0.25, -0.2) is 0 Å². The number of benzene rings is 1. The van der Waals surface area contributed by atoms with Crippen LogP contribution >= 0.6 is 10.5 Å². The lowest BCUT2D eigenvalue weighted by Gasteiger charge is -2.08. The average molecular weight is 408 g/mol. The van der Waals surface area contributed by atoms with Gasteiger partial charge in [0.2, 0.25) is 0 Å². The molecule has 4 nitrogen and oxygen atoms in total. The summed E-state index contributed by atoms with van der Waals surface area (Å²) < 4.78 is 72.9. The fourth-order valence-corrected chi connectivity index (χ4v) is 3.33. The highest BCUT2D eigenvalue weighted by Crippen LogP contribution is 2.50. The van der Waals surface area contributed by atoms with Gasteiger partial charge in [-0.3, -0.25) is 13.7 Å². The summed E-state index contributed by atoms with van der Waals surface area (Å²) in [5.74, 6) is 0. The lowest BCUT2D eigenvalue weighted by atomic mass is 10.2. The van der Waals surface area contributed by atoms with Crippen LogP contribution in [-0.2, 0) is 5.51 Å².